The Morgan fingerprint density at radius 3 is 2.27 bits per heavy atom. The molecule has 0 atom stereocenters. The van der Waals surface area contributed by atoms with Crippen molar-refractivity contribution in [3.8, 4) is 11.1 Å². The van der Waals surface area contributed by atoms with Gasteiger partial charge in [0.05, 0.1) is 0 Å². The van der Waals surface area contributed by atoms with Crippen LogP contribution in [0.25, 0.3) is 33.1 Å². The van der Waals surface area contributed by atoms with E-state index in [-0.39, 0.29) is 0 Å². The quantitative estimate of drug-likeness (QED) is 0.436. The van der Waals surface area contributed by atoms with E-state index in [0.717, 1.165) is 17.6 Å². The van der Waals surface area contributed by atoms with Crippen molar-refractivity contribution >= 4 is 21.9 Å². The van der Waals surface area contributed by atoms with Crippen molar-refractivity contribution in [2.45, 2.75) is 19.8 Å². The molecule has 1 aromatic heterocycles. The fraction of sp³-hybridized carbons (Fsp3) is 0.143. The number of furan rings is 1. The van der Waals surface area contributed by atoms with Crippen molar-refractivity contribution in [1.29, 1.82) is 0 Å². The number of benzene rings is 3. The summed E-state index contributed by atoms with van der Waals surface area (Å²) in [7, 11) is 0. The van der Waals surface area contributed by atoms with Gasteiger partial charge in [0, 0.05) is 10.8 Å². The molecule has 1 heteroatoms. The summed E-state index contributed by atoms with van der Waals surface area (Å²) in [4.78, 5) is 0. The van der Waals surface area contributed by atoms with Crippen molar-refractivity contribution in [3.05, 3.63) is 72.3 Å². The SMILES string of the molecule is CCCc1ccc(-c2ccc3oc4ccccc4c3c2)cc1. The van der Waals surface area contributed by atoms with Crippen LogP contribution in [0.1, 0.15) is 18.9 Å². The van der Waals surface area contributed by atoms with E-state index in [9.17, 15) is 0 Å². The largest absolute Gasteiger partial charge is 0.456 e. The van der Waals surface area contributed by atoms with E-state index in [0.29, 0.717) is 0 Å². The van der Waals surface area contributed by atoms with Gasteiger partial charge in [-0.3, -0.25) is 0 Å². The molecule has 0 spiro atoms. The predicted molar refractivity (Wildman–Crippen MR) is 93.2 cm³/mol. The maximum absolute atomic E-state index is 5.89. The minimum absolute atomic E-state index is 0.951. The molecule has 108 valence electrons. The molecular formula is C21H18O. The molecule has 0 saturated carbocycles. The molecule has 0 unspecified atom stereocenters. The lowest BCUT2D eigenvalue weighted by molar-refractivity contribution is 0.669. The fourth-order valence-corrected chi connectivity index (χ4v) is 3.06. The number of aryl methyl sites for hydroxylation is 1. The van der Waals surface area contributed by atoms with Crippen molar-refractivity contribution in [2.75, 3.05) is 0 Å². The van der Waals surface area contributed by atoms with Crippen LogP contribution in [0.15, 0.2) is 71.1 Å². The molecule has 4 rings (SSSR count). The molecule has 0 aliphatic rings. The highest BCUT2D eigenvalue weighted by molar-refractivity contribution is 6.06. The molecule has 0 radical (unpaired) electrons. The number of hydrogen-bond donors (Lipinski definition) is 0. The molecule has 0 aliphatic carbocycles. The Kier molecular flexibility index (Phi) is 3.19. The predicted octanol–water partition coefficient (Wildman–Crippen LogP) is 6.21. The van der Waals surface area contributed by atoms with Crippen LogP contribution in [0.2, 0.25) is 0 Å². The topological polar surface area (TPSA) is 13.1 Å². The first-order chi connectivity index (χ1) is 10.8. The van der Waals surface area contributed by atoms with Crippen molar-refractivity contribution < 1.29 is 4.42 Å². The van der Waals surface area contributed by atoms with E-state index in [1.807, 2.05) is 12.1 Å². The number of hydrogen-bond acceptors (Lipinski definition) is 1. The minimum atomic E-state index is 0.951. The van der Waals surface area contributed by atoms with Crippen LogP contribution in [-0.2, 0) is 6.42 Å². The molecule has 1 heterocycles. The van der Waals surface area contributed by atoms with E-state index >= 15 is 0 Å². The first kappa shape index (κ1) is 13.1. The normalized spacial score (nSPS) is 11.3. The highest BCUT2D eigenvalue weighted by atomic mass is 16.3. The van der Waals surface area contributed by atoms with Gasteiger partial charge in [-0.25, -0.2) is 0 Å². The van der Waals surface area contributed by atoms with Gasteiger partial charge in [-0.05, 0) is 41.3 Å². The first-order valence-electron chi connectivity index (χ1n) is 7.86. The summed E-state index contributed by atoms with van der Waals surface area (Å²) in [5, 5.41) is 2.37. The van der Waals surface area contributed by atoms with Gasteiger partial charge in [-0.15, -0.1) is 0 Å². The summed E-state index contributed by atoms with van der Waals surface area (Å²) in [5.41, 5.74) is 5.80. The average Bonchev–Trinajstić information content (AvgIpc) is 2.94. The molecule has 0 aliphatic heterocycles. The Labute approximate surface area is 130 Å². The molecule has 22 heavy (non-hydrogen) atoms. The molecule has 0 N–H and O–H groups in total. The zero-order valence-electron chi connectivity index (χ0n) is 12.7. The summed E-state index contributed by atoms with van der Waals surface area (Å²) in [6, 6.07) is 23.6. The van der Waals surface area contributed by atoms with Crippen LogP contribution in [0.5, 0.6) is 0 Å². The number of fused-ring (bicyclic) bond motifs is 3. The van der Waals surface area contributed by atoms with Gasteiger partial charge in [-0.1, -0.05) is 61.9 Å². The van der Waals surface area contributed by atoms with Gasteiger partial charge in [-0.2, -0.15) is 0 Å². The molecule has 4 aromatic rings. The molecule has 3 aromatic carbocycles. The van der Waals surface area contributed by atoms with Gasteiger partial charge < -0.3 is 4.42 Å². The summed E-state index contributed by atoms with van der Waals surface area (Å²) >= 11 is 0. The first-order valence-corrected chi connectivity index (χ1v) is 7.86. The van der Waals surface area contributed by atoms with E-state index in [4.69, 9.17) is 4.42 Å². The Morgan fingerprint density at radius 1 is 0.727 bits per heavy atom. The van der Waals surface area contributed by atoms with Gasteiger partial charge >= 0.3 is 0 Å². The lowest BCUT2D eigenvalue weighted by atomic mass is 10.0. The van der Waals surface area contributed by atoms with Gasteiger partial charge in [0.25, 0.3) is 0 Å². The summed E-state index contributed by atoms with van der Waals surface area (Å²) < 4.78 is 5.89. The van der Waals surface area contributed by atoms with Crippen LogP contribution in [0.3, 0.4) is 0 Å². The van der Waals surface area contributed by atoms with E-state index in [1.54, 1.807) is 0 Å². The van der Waals surface area contributed by atoms with E-state index < -0.39 is 0 Å². The lowest BCUT2D eigenvalue weighted by Crippen LogP contribution is -1.83. The van der Waals surface area contributed by atoms with Crippen LogP contribution >= 0.6 is 0 Å². The number of rotatable bonds is 3. The second-order valence-electron chi connectivity index (χ2n) is 5.76. The highest BCUT2D eigenvalue weighted by Crippen LogP contribution is 2.32. The molecule has 0 saturated heterocycles. The standard InChI is InChI=1S/C21H18O/c1-2-5-15-8-10-16(11-9-15)17-12-13-21-19(14-17)18-6-3-4-7-20(18)22-21/h3-4,6-14H,2,5H2,1H3. The summed E-state index contributed by atoms with van der Waals surface area (Å²) in [6.07, 6.45) is 2.33. The van der Waals surface area contributed by atoms with E-state index in [2.05, 4.69) is 61.5 Å². The third kappa shape index (κ3) is 2.19. The third-order valence-corrected chi connectivity index (χ3v) is 4.20. The van der Waals surface area contributed by atoms with Crippen LogP contribution in [0.4, 0.5) is 0 Å². The maximum Gasteiger partial charge on any atom is 0.135 e. The van der Waals surface area contributed by atoms with Gasteiger partial charge in [0.1, 0.15) is 11.2 Å². The second kappa shape index (κ2) is 5.34. The Morgan fingerprint density at radius 2 is 1.45 bits per heavy atom. The van der Waals surface area contributed by atoms with Gasteiger partial charge in [0.2, 0.25) is 0 Å². The van der Waals surface area contributed by atoms with Crippen LogP contribution in [-0.4, -0.2) is 0 Å². The molecular weight excluding hydrogens is 268 g/mol. The molecule has 0 fully saturated rings. The Balaban J connectivity index is 1.83. The van der Waals surface area contributed by atoms with E-state index in [1.165, 1.54) is 33.9 Å². The number of para-hydroxylation sites is 1. The minimum Gasteiger partial charge on any atom is -0.456 e. The summed E-state index contributed by atoms with van der Waals surface area (Å²) in [5.74, 6) is 0. The van der Waals surface area contributed by atoms with Crippen molar-refractivity contribution in [2.24, 2.45) is 0 Å². The van der Waals surface area contributed by atoms with Crippen molar-refractivity contribution in [1.82, 2.24) is 0 Å². The molecule has 1 nitrogen and oxygen atoms in total. The lowest BCUT2D eigenvalue weighted by Gasteiger charge is -2.04. The zero-order valence-corrected chi connectivity index (χ0v) is 12.7. The zero-order chi connectivity index (χ0) is 14.9. The average molecular weight is 286 g/mol. The summed E-state index contributed by atoms with van der Waals surface area (Å²) in [6.45, 7) is 2.21. The fourth-order valence-electron chi connectivity index (χ4n) is 3.06. The smallest absolute Gasteiger partial charge is 0.135 e. The van der Waals surface area contributed by atoms with Gasteiger partial charge in [0.15, 0.2) is 0 Å². The second-order valence-corrected chi connectivity index (χ2v) is 5.76. The van der Waals surface area contributed by atoms with Crippen molar-refractivity contribution in [3.63, 3.8) is 0 Å². The molecule has 0 amide bonds. The highest BCUT2D eigenvalue weighted by Gasteiger charge is 2.07. The van der Waals surface area contributed by atoms with Crippen LogP contribution in [0, 0.1) is 0 Å². The Hall–Kier alpha value is -2.54. The van der Waals surface area contributed by atoms with Crippen LogP contribution < -0.4 is 0 Å². The third-order valence-electron chi connectivity index (χ3n) is 4.20. The maximum atomic E-state index is 5.89. The Bertz CT molecular complexity index is 929. The molecule has 0 bridgehead atoms. The monoisotopic (exact) mass is 286 g/mol.